The molecular formula is C19H14BrClO. The number of fused-ring (bicyclic) bond motifs is 1. The maximum absolute atomic E-state index is 6.02. The number of hydrogen-bond donors (Lipinski definition) is 0. The SMILES string of the molecule is C=C1/C=C\C=C(\c2ccc(Cl)cc2Br)COc2ccccc21. The Balaban J connectivity index is 2.00. The van der Waals surface area contributed by atoms with Crippen LogP contribution in [-0.2, 0) is 0 Å². The lowest BCUT2D eigenvalue weighted by atomic mass is 10.1. The first-order valence-corrected chi connectivity index (χ1v) is 8.06. The van der Waals surface area contributed by atoms with E-state index in [1.54, 1.807) is 0 Å². The molecule has 1 heterocycles. The second kappa shape index (κ2) is 6.55. The van der Waals surface area contributed by atoms with E-state index >= 15 is 0 Å². The molecule has 0 atom stereocenters. The number of allylic oxidation sites excluding steroid dienone is 4. The van der Waals surface area contributed by atoms with E-state index in [1.165, 1.54) is 0 Å². The topological polar surface area (TPSA) is 9.23 Å². The summed E-state index contributed by atoms with van der Waals surface area (Å²) < 4.78 is 6.96. The number of ether oxygens (including phenoxy) is 1. The number of hydrogen-bond acceptors (Lipinski definition) is 1. The minimum atomic E-state index is 0.481. The zero-order valence-corrected chi connectivity index (χ0v) is 14.2. The summed E-state index contributed by atoms with van der Waals surface area (Å²) in [4.78, 5) is 0. The van der Waals surface area contributed by atoms with Crippen molar-refractivity contribution in [1.29, 1.82) is 0 Å². The third-order valence-electron chi connectivity index (χ3n) is 3.49. The van der Waals surface area contributed by atoms with Crippen LogP contribution in [0.1, 0.15) is 11.1 Å². The van der Waals surface area contributed by atoms with E-state index < -0.39 is 0 Å². The fourth-order valence-electron chi connectivity index (χ4n) is 2.35. The predicted molar refractivity (Wildman–Crippen MR) is 97.2 cm³/mol. The number of rotatable bonds is 1. The Morgan fingerprint density at radius 3 is 2.73 bits per heavy atom. The minimum Gasteiger partial charge on any atom is -0.488 e. The van der Waals surface area contributed by atoms with Gasteiger partial charge < -0.3 is 4.74 Å². The van der Waals surface area contributed by atoms with Crippen LogP contribution < -0.4 is 4.74 Å². The Bertz CT molecular complexity index is 790. The molecule has 0 aromatic heterocycles. The zero-order valence-electron chi connectivity index (χ0n) is 11.9. The molecule has 110 valence electrons. The average Bonchev–Trinajstić information content (AvgIpc) is 2.58. The molecule has 2 aromatic rings. The molecule has 0 amide bonds. The Kier molecular flexibility index (Phi) is 4.51. The van der Waals surface area contributed by atoms with Crippen molar-refractivity contribution in [3.63, 3.8) is 0 Å². The summed E-state index contributed by atoms with van der Waals surface area (Å²) in [5, 5.41) is 0.703. The fourth-order valence-corrected chi connectivity index (χ4v) is 3.29. The van der Waals surface area contributed by atoms with Crippen molar-refractivity contribution in [2.45, 2.75) is 0 Å². The summed E-state index contributed by atoms with van der Waals surface area (Å²) in [6, 6.07) is 13.7. The van der Waals surface area contributed by atoms with Crippen molar-refractivity contribution in [2.24, 2.45) is 0 Å². The van der Waals surface area contributed by atoms with Crippen LogP contribution >= 0.6 is 27.5 Å². The zero-order chi connectivity index (χ0) is 15.5. The van der Waals surface area contributed by atoms with Crippen LogP contribution in [0.15, 0.2) is 71.7 Å². The van der Waals surface area contributed by atoms with Crippen molar-refractivity contribution >= 4 is 38.7 Å². The van der Waals surface area contributed by atoms with Gasteiger partial charge in [-0.3, -0.25) is 0 Å². The highest BCUT2D eigenvalue weighted by Gasteiger charge is 2.11. The molecule has 1 aliphatic rings. The van der Waals surface area contributed by atoms with Gasteiger partial charge in [-0.05, 0) is 34.9 Å². The Labute approximate surface area is 143 Å². The molecule has 3 heteroatoms. The van der Waals surface area contributed by atoms with E-state index in [0.717, 1.165) is 32.5 Å². The molecule has 3 rings (SSSR count). The van der Waals surface area contributed by atoms with Crippen LogP contribution in [0.4, 0.5) is 0 Å². The Hall–Kier alpha value is -1.77. The first-order chi connectivity index (χ1) is 10.6. The first-order valence-electron chi connectivity index (χ1n) is 6.89. The molecule has 0 N–H and O–H groups in total. The number of halogens is 2. The summed E-state index contributed by atoms with van der Waals surface area (Å²) in [7, 11) is 0. The van der Waals surface area contributed by atoms with Gasteiger partial charge in [-0.1, -0.05) is 76.6 Å². The Morgan fingerprint density at radius 2 is 1.91 bits per heavy atom. The van der Waals surface area contributed by atoms with Gasteiger partial charge in [0.15, 0.2) is 0 Å². The van der Waals surface area contributed by atoms with Gasteiger partial charge in [-0.15, -0.1) is 0 Å². The first kappa shape index (κ1) is 15.1. The van der Waals surface area contributed by atoms with Gasteiger partial charge in [0.1, 0.15) is 12.4 Å². The maximum Gasteiger partial charge on any atom is 0.127 e. The van der Waals surface area contributed by atoms with Gasteiger partial charge in [0.2, 0.25) is 0 Å². The van der Waals surface area contributed by atoms with Gasteiger partial charge in [0.05, 0.1) is 0 Å². The standard InChI is InChI=1S/C19H14BrClO/c1-13-5-4-6-14(17-10-9-15(21)11-18(17)20)12-22-19-8-3-2-7-16(13)19/h2-11H,1,12H2/b5-4-,14-6+. The van der Waals surface area contributed by atoms with E-state index in [9.17, 15) is 0 Å². The summed E-state index contributed by atoms with van der Waals surface area (Å²) in [6.45, 7) is 4.58. The molecule has 0 saturated heterocycles. The van der Waals surface area contributed by atoms with Gasteiger partial charge in [-0.2, -0.15) is 0 Å². The third kappa shape index (κ3) is 3.18. The molecule has 1 nitrogen and oxygen atoms in total. The van der Waals surface area contributed by atoms with Crippen molar-refractivity contribution in [2.75, 3.05) is 6.61 Å². The lowest BCUT2D eigenvalue weighted by Crippen LogP contribution is -2.02. The van der Waals surface area contributed by atoms with Crippen LogP contribution in [0.5, 0.6) is 5.75 Å². The predicted octanol–water partition coefficient (Wildman–Crippen LogP) is 6.15. The number of benzene rings is 2. The third-order valence-corrected chi connectivity index (χ3v) is 4.38. The highest BCUT2D eigenvalue weighted by Crippen LogP contribution is 2.31. The molecule has 1 aliphatic heterocycles. The molecule has 0 bridgehead atoms. The normalized spacial score (nSPS) is 18.1. The highest BCUT2D eigenvalue weighted by molar-refractivity contribution is 9.10. The van der Waals surface area contributed by atoms with Crippen LogP contribution in [0.3, 0.4) is 0 Å². The molecule has 0 spiro atoms. The molecule has 0 radical (unpaired) electrons. The molecule has 0 fully saturated rings. The minimum absolute atomic E-state index is 0.481. The van der Waals surface area contributed by atoms with Crippen molar-refractivity contribution in [3.05, 3.63) is 87.9 Å². The van der Waals surface area contributed by atoms with Gasteiger partial charge >= 0.3 is 0 Å². The second-order valence-corrected chi connectivity index (χ2v) is 6.28. The lowest BCUT2D eigenvalue weighted by molar-refractivity contribution is 0.369. The van der Waals surface area contributed by atoms with E-state index in [1.807, 2.05) is 60.7 Å². The smallest absolute Gasteiger partial charge is 0.127 e. The van der Waals surface area contributed by atoms with Crippen molar-refractivity contribution < 1.29 is 4.74 Å². The highest BCUT2D eigenvalue weighted by atomic mass is 79.9. The number of para-hydroxylation sites is 1. The molecular weight excluding hydrogens is 360 g/mol. The molecule has 0 saturated carbocycles. The maximum atomic E-state index is 6.02. The molecule has 2 aromatic carbocycles. The van der Waals surface area contributed by atoms with Gasteiger partial charge in [0, 0.05) is 15.1 Å². The largest absolute Gasteiger partial charge is 0.488 e. The van der Waals surface area contributed by atoms with E-state index in [0.29, 0.717) is 11.6 Å². The monoisotopic (exact) mass is 372 g/mol. The van der Waals surface area contributed by atoms with Crippen molar-refractivity contribution in [1.82, 2.24) is 0 Å². The summed E-state index contributed by atoms with van der Waals surface area (Å²) >= 11 is 9.59. The average molecular weight is 374 g/mol. The van der Waals surface area contributed by atoms with Crippen molar-refractivity contribution in [3.8, 4) is 5.75 Å². The van der Waals surface area contributed by atoms with Crippen LogP contribution in [0.2, 0.25) is 5.02 Å². The van der Waals surface area contributed by atoms with Gasteiger partial charge in [-0.25, -0.2) is 0 Å². The van der Waals surface area contributed by atoms with Crippen LogP contribution in [0, 0.1) is 0 Å². The quantitative estimate of drug-likeness (QED) is 0.582. The lowest BCUT2D eigenvalue weighted by Gasteiger charge is -2.13. The molecule has 22 heavy (non-hydrogen) atoms. The van der Waals surface area contributed by atoms with E-state index in [4.69, 9.17) is 16.3 Å². The molecule has 0 aliphatic carbocycles. The summed E-state index contributed by atoms with van der Waals surface area (Å²) in [5.41, 5.74) is 4.09. The summed E-state index contributed by atoms with van der Waals surface area (Å²) in [6.07, 6.45) is 6.05. The van der Waals surface area contributed by atoms with Crippen LogP contribution in [0.25, 0.3) is 11.1 Å². The van der Waals surface area contributed by atoms with E-state index in [2.05, 4.69) is 22.5 Å². The Morgan fingerprint density at radius 1 is 1.09 bits per heavy atom. The second-order valence-electron chi connectivity index (χ2n) is 4.99. The van der Waals surface area contributed by atoms with Crippen LogP contribution in [-0.4, -0.2) is 6.61 Å². The van der Waals surface area contributed by atoms with Gasteiger partial charge in [0.25, 0.3) is 0 Å². The van der Waals surface area contributed by atoms with E-state index in [-0.39, 0.29) is 0 Å². The summed E-state index contributed by atoms with van der Waals surface area (Å²) in [5.74, 6) is 0.843. The molecule has 0 unspecified atom stereocenters. The fraction of sp³-hybridized carbons (Fsp3) is 0.0526.